The molecule has 1 aliphatic heterocycles. The lowest BCUT2D eigenvalue weighted by molar-refractivity contribution is -0.123. The zero-order valence-corrected chi connectivity index (χ0v) is 15.8. The molecular weight excluding hydrogens is 393 g/mol. The number of benzene rings is 2. The Bertz CT molecular complexity index is 947. The molecule has 0 aliphatic carbocycles. The first-order valence-corrected chi connectivity index (χ1v) is 9.24. The summed E-state index contributed by atoms with van der Waals surface area (Å²) in [6, 6.07) is 8.96. The van der Waals surface area contributed by atoms with Crippen molar-refractivity contribution in [2.45, 2.75) is 13.5 Å². The van der Waals surface area contributed by atoms with Crippen LogP contribution in [-0.4, -0.2) is 27.8 Å². The van der Waals surface area contributed by atoms with Crippen LogP contribution in [-0.2, 0) is 11.3 Å². The Morgan fingerprint density at radius 2 is 2.04 bits per heavy atom. The van der Waals surface area contributed by atoms with Crippen molar-refractivity contribution in [2.24, 2.45) is 0 Å². The van der Waals surface area contributed by atoms with Gasteiger partial charge in [-0.15, -0.1) is 0 Å². The van der Waals surface area contributed by atoms with Crippen LogP contribution in [0.2, 0.25) is 5.02 Å². The second kappa shape index (κ2) is 8.02. The number of carbonyl (C=O) groups excluding carboxylic acids is 2. The summed E-state index contributed by atoms with van der Waals surface area (Å²) in [5.74, 6) is -1.01. The molecule has 0 unspecified atom stereocenters. The number of hydrogen-bond acceptors (Lipinski definition) is 5. The van der Waals surface area contributed by atoms with Gasteiger partial charge in [-0.1, -0.05) is 29.8 Å². The molecule has 0 saturated carbocycles. The first-order valence-electron chi connectivity index (χ1n) is 8.04. The lowest BCUT2D eigenvalue weighted by atomic mass is 10.1. The maximum absolute atomic E-state index is 13.8. The minimum Gasteiger partial charge on any atom is -0.503 e. The SMILES string of the molecule is CCOc1cc(/C=C2\SC(=O)N(Cc3ccccc3F)C2=O)cc(Cl)c1O. The Morgan fingerprint density at radius 3 is 2.74 bits per heavy atom. The van der Waals surface area contributed by atoms with Gasteiger partial charge in [0.15, 0.2) is 11.5 Å². The Morgan fingerprint density at radius 1 is 1.30 bits per heavy atom. The highest BCUT2D eigenvalue weighted by molar-refractivity contribution is 8.18. The molecule has 8 heteroatoms. The van der Waals surface area contributed by atoms with Crippen LogP contribution in [0.1, 0.15) is 18.1 Å². The largest absolute Gasteiger partial charge is 0.503 e. The summed E-state index contributed by atoms with van der Waals surface area (Å²) in [7, 11) is 0. The lowest BCUT2D eigenvalue weighted by Gasteiger charge is -2.12. The van der Waals surface area contributed by atoms with Crippen LogP contribution in [0.15, 0.2) is 41.3 Å². The minimum absolute atomic E-state index is 0.0674. The standard InChI is InChI=1S/C19H15ClFNO4S/c1-2-26-15-8-11(7-13(20)17(15)23)9-16-18(24)22(19(25)27-16)10-12-5-3-4-6-14(12)21/h3-9,23H,2,10H2,1H3/b16-9-. The summed E-state index contributed by atoms with van der Waals surface area (Å²) in [4.78, 5) is 26.0. The van der Waals surface area contributed by atoms with E-state index in [-0.39, 0.29) is 33.5 Å². The lowest BCUT2D eigenvalue weighted by Crippen LogP contribution is -2.27. The van der Waals surface area contributed by atoms with Gasteiger partial charge < -0.3 is 9.84 Å². The highest BCUT2D eigenvalue weighted by Crippen LogP contribution is 2.38. The van der Waals surface area contributed by atoms with E-state index < -0.39 is 17.0 Å². The van der Waals surface area contributed by atoms with Crippen LogP contribution in [0.4, 0.5) is 9.18 Å². The second-order valence-electron chi connectivity index (χ2n) is 5.64. The van der Waals surface area contributed by atoms with Gasteiger partial charge in [0, 0.05) is 5.56 Å². The van der Waals surface area contributed by atoms with Gasteiger partial charge in [-0.3, -0.25) is 14.5 Å². The van der Waals surface area contributed by atoms with Crippen molar-refractivity contribution < 1.29 is 23.8 Å². The van der Waals surface area contributed by atoms with E-state index in [4.69, 9.17) is 16.3 Å². The molecule has 2 aromatic rings. The van der Waals surface area contributed by atoms with E-state index >= 15 is 0 Å². The van der Waals surface area contributed by atoms with Gasteiger partial charge in [0.1, 0.15) is 5.82 Å². The number of rotatable bonds is 5. The third-order valence-corrected chi connectivity index (χ3v) is 5.00. The summed E-state index contributed by atoms with van der Waals surface area (Å²) in [6.07, 6.45) is 1.49. The average molecular weight is 408 g/mol. The fourth-order valence-corrected chi connectivity index (χ4v) is 3.58. The Balaban J connectivity index is 1.87. The van der Waals surface area contributed by atoms with Crippen molar-refractivity contribution >= 4 is 40.6 Å². The van der Waals surface area contributed by atoms with E-state index in [2.05, 4.69) is 0 Å². The molecule has 1 fully saturated rings. The van der Waals surface area contributed by atoms with Crippen molar-refractivity contribution in [3.05, 3.63) is 63.3 Å². The molecule has 140 valence electrons. The van der Waals surface area contributed by atoms with E-state index in [0.717, 1.165) is 16.7 Å². The molecule has 0 radical (unpaired) electrons. The monoisotopic (exact) mass is 407 g/mol. The van der Waals surface area contributed by atoms with Crippen molar-refractivity contribution in [1.82, 2.24) is 4.90 Å². The third kappa shape index (κ3) is 4.09. The summed E-state index contributed by atoms with van der Waals surface area (Å²) in [5, 5.41) is 9.48. The summed E-state index contributed by atoms with van der Waals surface area (Å²) < 4.78 is 19.1. The van der Waals surface area contributed by atoms with Gasteiger partial charge in [-0.05, 0) is 48.5 Å². The Hall–Kier alpha value is -2.51. The van der Waals surface area contributed by atoms with Crippen LogP contribution in [0.3, 0.4) is 0 Å². The molecule has 0 atom stereocenters. The molecule has 5 nitrogen and oxygen atoms in total. The van der Waals surface area contributed by atoms with Crippen LogP contribution < -0.4 is 4.74 Å². The number of carbonyl (C=O) groups is 2. The number of halogens is 2. The molecule has 0 aromatic heterocycles. The maximum Gasteiger partial charge on any atom is 0.293 e. The Kier molecular flexibility index (Phi) is 5.72. The molecule has 2 amide bonds. The Labute approximate surface area is 164 Å². The van der Waals surface area contributed by atoms with Gasteiger partial charge >= 0.3 is 0 Å². The number of amides is 2. The third-order valence-electron chi connectivity index (χ3n) is 3.81. The highest BCUT2D eigenvalue weighted by atomic mass is 35.5. The van der Waals surface area contributed by atoms with Gasteiger partial charge in [0.05, 0.1) is 23.1 Å². The van der Waals surface area contributed by atoms with Gasteiger partial charge in [-0.25, -0.2) is 4.39 Å². The minimum atomic E-state index is -0.518. The number of nitrogens with zero attached hydrogens (tertiary/aromatic N) is 1. The normalized spacial score (nSPS) is 15.7. The van der Waals surface area contributed by atoms with E-state index in [9.17, 15) is 19.1 Å². The quantitative estimate of drug-likeness (QED) is 0.720. The molecule has 1 aliphatic rings. The number of ether oxygens (including phenoxy) is 1. The first-order chi connectivity index (χ1) is 12.9. The second-order valence-corrected chi connectivity index (χ2v) is 7.04. The molecule has 2 aromatic carbocycles. The molecule has 0 bridgehead atoms. The molecule has 3 rings (SSSR count). The number of hydrogen-bond donors (Lipinski definition) is 1. The highest BCUT2D eigenvalue weighted by Gasteiger charge is 2.35. The predicted molar refractivity (Wildman–Crippen MR) is 102 cm³/mol. The van der Waals surface area contributed by atoms with Crippen molar-refractivity contribution in [1.29, 1.82) is 0 Å². The average Bonchev–Trinajstić information content (AvgIpc) is 2.88. The zero-order chi connectivity index (χ0) is 19.6. The summed E-state index contributed by atoms with van der Waals surface area (Å²) in [6.45, 7) is 1.94. The summed E-state index contributed by atoms with van der Waals surface area (Å²) >= 11 is 6.75. The van der Waals surface area contributed by atoms with Crippen LogP contribution in [0.5, 0.6) is 11.5 Å². The molecular formula is C19H15ClFNO4S. The van der Waals surface area contributed by atoms with E-state index in [1.54, 1.807) is 13.0 Å². The van der Waals surface area contributed by atoms with E-state index in [1.165, 1.54) is 36.4 Å². The van der Waals surface area contributed by atoms with Crippen LogP contribution >= 0.6 is 23.4 Å². The number of phenolic OH excluding ortho intramolecular Hbond substituents is 1. The van der Waals surface area contributed by atoms with Gasteiger partial charge in [0.25, 0.3) is 11.1 Å². The predicted octanol–water partition coefficient (Wildman–Crippen LogP) is 4.82. The summed E-state index contributed by atoms with van der Waals surface area (Å²) in [5.41, 5.74) is 0.755. The van der Waals surface area contributed by atoms with Gasteiger partial charge in [0.2, 0.25) is 0 Å². The number of thioether (sulfide) groups is 1. The number of phenols is 1. The molecule has 0 spiro atoms. The molecule has 27 heavy (non-hydrogen) atoms. The smallest absolute Gasteiger partial charge is 0.293 e. The first kappa shape index (κ1) is 19.3. The molecule has 1 heterocycles. The number of imide groups is 1. The topological polar surface area (TPSA) is 66.8 Å². The fourth-order valence-electron chi connectivity index (χ4n) is 2.53. The fraction of sp³-hybridized carbons (Fsp3) is 0.158. The zero-order valence-electron chi connectivity index (χ0n) is 14.2. The van der Waals surface area contributed by atoms with Crippen molar-refractivity contribution in [3.63, 3.8) is 0 Å². The number of aromatic hydroxyl groups is 1. The maximum atomic E-state index is 13.8. The van der Waals surface area contributed by atoms with E-state index in [1.807, 2.05) is 0 Å². The van der Waals surface area contributed by atoms with Crippen molar-refractivity contribution in [3.8, 4) is 11.5 Å². The van der Waals surface area contributed by atoms with Crippen LogP contribution in [0.25, 0.3) is 6.08 Å². The molecule has 1 saturated heterocycles. The van der Waals surface area contributed by atoms with Gasteiger partial charge in [-0.2, -0.15) is 0 Å². The van der Waals surface area contributed by atoms with Crippen LogP contribution in [0, 0.1) is 5.82 Å². The van der Waals surface area contributed by atoms with Crippen molar-refractivity contribution in [2.75, 3.05) is 6.61 Å². The molecule has 1 N–H and O–H groups in total. The van der Waals surface area contributed by atoms with E-state index in [0.29, 0.717) is 12.2 Å².